The van der Waals surface area contributed by atoms with Crippen LogP contribution in [-0.2, 0) is 4.79 Å². The van der Waals surface area contributed by atoms with E-state index in [-0.39, 0.29) is 0 Å². The van der Waals surface area contributed by atoms with Gasteiger partial charge in [0.25, 0.3) is 0 Å². The molecule has 0 amide bonds. The van der Waals surface area contributed by atoms with Crippen molar-refractivity contribution in [3.8, 4) is 0 Å². The van der Waals surface area contributed by atoms with Crippen molar-refractivity contribution in [2.45, 2.75) is 138 Å². The van der Waals surface area contributed by atoms with Crippen LogP contribution in [0.2, 0.25) is 0 Å². The quantitative estimate of drug-likeness (QED) is 0.305. The van der Waals surface area contributed by atoms with Crippen LogP contribution in [0.3, 0.4) is 0 Å². The van der Waals surface area contributed by atoms with E-state index in [0.29, 0.717) is 10.8 Å². The number of hydrogen-bond donors (Lipinski definition) is 1. The molecule has 0 bridgehead atoms. The van der Waals surface area contributed by atoms with Crippen molar-refractivity contribution in [3.63, 3.8) is 0 Å². The Labute approximate surface area is 206 Å². The van der Waals surface area contributed by atoms with Gasteiger partial charge >= 0.3 is 0 Å². The average molecular weight is 461 g/mol. The molecule has 0 heterocycles. The molecule has 33 heavy (non-hydrogen) atoms. The standard InChI is InChI=1S/C29H50O2.C2H6/c1-20(8-6-7-17-30)24-11-12-25-23-10-9-22-18-21(19-27(2,3)31)13-15-28(22,4)26(23)14-16-29(24,25)5;1-2/h17,20-26,31H,6-16,18-19H2,1-5H3;1-2H3. The Morgan fingerprint density at radius 1 is 0.970 bits per heavy atom. The zero-order valence-electron chi connectivity index (χ0n) is 23.2. The molecule has 0 aromatic carbocycles. The Hall–Kier alpha value is -0.370. The van der Waals surface area contributed by atoms with Crippen molar-refractivity contribution >= 4 is 6.29 Å². The second-order valence-electron chi connectivity index (χ2n) is 13.6. The fraction of sp³-hybridized carbons (Fsp3) is 0.968. The molecule has 4 aliphatic rings. The van der Waals surface area contributed by atoms with Gasteiger partial charge in [0.05, 0.1) is 5.60 Å². The minimum atomic E-state index is -0.510. The van der Waals surface area contributed by atoms with E-state index >= 15 is 0 Å². The maximum atomic E-state index is 10.8. The van der Waals surface area contributed by atoms with E-state index in [1.165, 1.54) is 64.2 Å². The minimum absolute atomic E-state index is 0.510. The van der Waals surface area contributed by atoms with Gasteiger partial charge in [-0.2, -0.15) is 0 Å². The molecular formula is C31H56O2. The van der Waals surface area contributed by atoms with Crippen molar-refractivity contribution in [1.82, 2.24) is 0 Å². The third kappa shape index (κ3) is 5.41. The van der Waals surface area contributed by atoms with E-state index in [0.717, 1.165) is 67.0 Å². The molecule has 0 spiro atoms. The number of aliphatic hydroxyl groups is 1. The summed E-state index contributed by atoms with van der Waals surface area (Å²) >= 11 is 0. The Morgan fingerprint density at radius 3 is 2.30 bits per heavy atom. The fourth-order valence-electron chi connectivity index (χ4n) is 9.94. The molecule has 1 N–H and O–H groups in total. The number of carbonyl (C=O) groups is 1. The SMILES string of the molecule is CC.CC(CCCC=O)C1CCC2C3CCC4CC(CC(C)(C)O)CCC4(C)C3CCC12C. The van der Waals surface area contributed by atoms with Gasteiger partial charge in [-0.3, -0.25) is 0 Å². The molecule has 9 atom stereocenters. The molecule has 4 fully saturated rings. The highest BCUT2D eigenvalue weighted by molar-refractivity contribution is 5.48. The molecule has 0 radical (unpaired) electrons. The van der Waals surface area contributed by atoms with E-state index in [4.69, 9.17) is 0 Å². The summed E-state index contributed by atoms with van der Waals surface area (Å²) in [6.07, 6.45) is 17.9. The first-order valence-corrected chi connectivity index (χ1v) is 14.7. The summed E-state index contributed by atoms with van der Waals surface area (Å²) in [6.45, 7) is 15.8. The minimum Gasteiger partial charge on any atom is -0.390 e. The van der Waals surface area contributed by atoms with E-state index in [2.05, 4.69) is 20.8 Å². The first kappa shape index (κ1) is 27.2. The van der Waals surface area contributed by atoms with Gasteiger partial charge < -0.3 is 9.90 Å². The lowest BCUT2D eigenvalue weighted by Gasteiger charge is -2.61. The molecule has 2 heteroatoms. The van der Waals surface area contributed by atoms with E-state index in [1.807, 2.05) is 27.7 Å². The normalized spacial score (nSPS) is 43.4. The van der Waals surface area contributed by atoms with Gasteiger partial charge in [-0.1, -0.05) is 41.0 Å². The van der Waals surface area contributed by atoms with Gasteiger partial charge in [0.2, 0.25) is 0 Å². The highest BCUT2D eigenvalue weighted by Gasteiger charge is 2.60. The molecule has 0 aromatic heterocycles. The maximum Gasteiger partial charge on any atom is 0.119 e. The van der Waals surface area contributed by atoms with Crippen LogP contribution >= 0.6 is 0 Å². The lowest BCUT2D eigenvalue weighted by atomic mass is 9.43. The molecule has 192 valence electrons. The zero-order chi connectivity index (χ0) is 24.4. The predicted octanol–water partition coefficient (Wildman–Crippen LogP) is 8.45. The third-order valence-electron chi connectivity index (χ3n) is 11.3. The van der Waals surface area contributed by atoms with E-state index < -0.39 is 5.60 Å². The summed E-state index contributed by atoms with van der Waals surface area (Å²) in [5, 5.41) is 10.4. The van der Waals surface area contributed by atoms with Crippen LogP contribution in [0.5, 0.6) is 0 Å². The number of hydrogen-bond acceptors (Lipinski definition) is 2. The van der Waals surface area contributed by atoms with Crippen molar-refractivity contribution in [2.24, 2.45) is 52.3 Å². The number of carbonyl (C=O) groups excluding carboxylic acids is 1. The van der Waals surface area contributed by atoms with Gasteiger partial charge in [-0.15, -0.1) is 0 Å². The van der Waals surface area contributed by atoms with Crippen LogP contribution < -0.4 is 0 Å². The summed E-state index contributed by atoms with van der Waals surface area (Å²) in [5.41, 5.74) is 0.584. The summed E-state index contributed by atoms with van der Waals surface area (Å²) in [5.74, 6) is 6.10. The Balaban J connectivity index is 0.00000149. The molecule has 0 aliphatic heterocycles. The summed E-state index contributed by atoms with van der Waals surface area (Å²) in [4.78, 5) is 10.8. The molecule has 4 rings (SSSR count). The van der Waals surface area contributed by atoms with E-state index in [1.54, 1.807) is 0 Å². The lowest BCUT2D eigenvalue weighted by molar-refractivity contribution is -0.124. The van der Waals surface area contributed by atoms with Crippen molar-refractivity contribution < 1.29 is 9.90 Å². The molecule has 4 aliphatic carbocycles. The molecule has 2 nitrogen and oxygen atoms in total. The Kier molecular flexibility index (Phi) is 8.84. The molecule has 0 saturated heterocycles. The van der Waals surface area contributed by atoms with Gasteiger partial charge in [0.15, 0.2) is 0 Å². The van der Waals surface area contributed by atoms with Crippen LogP contribution in [0.4, 0.5) is 0 Å². The number of unbranched alkanes of at least 4 members (excludes halogenated alkanes) is 1. The van der Waals surface area contributed by atoms with Crippen molar-refractivity contribution in [2.75, 3.05) is 0 Å². The molecule has 0 aromatic rings. The van der Waals surface area contributed by atoms with Gasteiger partial charge in [-0.05, 0) is 137 Å². The highest BCUT2D eigenvalue weighted by atomic mass is 16.3. The Bertz CT molecular complexity index is 635. The van der Waals surface area contributed by atoms with Crippen LogP contribution in [0, 0.1) is 52.3 Å². The number of aldehydes is 1. The van der Waals surface area contributed by atoms with Crippen molar-refractivity contribution in [3.05, 3.63) is 0 Å². The van der Waals surface area contributed by atoms with Crippen LogP contribution in [0.15, 0.2) is 0 Å². The van der Waals surface area contributed by atoms with Gasteiger partial charge in [0.1, 0.15) is 6.29 Å². The second kappa shape index (κ2) is 10.7. The van der Waals surface area contributed by atoms with Crippen molar-refractivity contribution in [1.29, 1.82) is 0 Å². The summed E-state index contributed by atoms with van der Waals surface area (Å²) in [6, 6.07) is 0. The molecular weight excluding hydrogens is 404 g/mol. The number of fused-ring (bicyclic) bond motifs is 5. The topological polar surface area (TPSA) is 37.3 Å². The lowest BCUT2D eigenvalue weighted by Crippen LogP contribution is -2.54. The number of rotatable bonds is 7. The fourth-order valence-corrected chi connectivity index (χ4v) is 9.94. The van der Waals surface area contributed by atoms with E-state index in [9.17, 15) is 9.90 Å². The van der Waals surface area contributed by atoms with Crippen LogP contribution in [0.1, 0.15) is 132 Å². The summed E-state index contributed by atoms with van der Waals surface area (Å²) in [7, 11) is 0. The molecule has 9 unspecified atom stereocenters. The molecule has 4 saturated carbocycles. The first-order chi connectivity index (χ1) is 15.6. The summed E-state index contributed by atoms with van der Waals surface area (Å²) < 4.78 is 0. The Morgan fingerprint density at radius 2 is 1.64 bits per heavy atom. The third-order valence-corrected chi connectivity index (χ3v) is 11.3. The smallest absolute Gasteiger partial charge is 0.119 e. The first-order valence-electron chi connectivity index (χ1n) is 14.7. The van der Waals surface area contributed by atoms with Crippen LogP contribution in [0.25, 0.3) is 0 Å². The monoisotopic (exact) mass is 460 g/mol. The second-order valence-corrected chi connectivity index (χ2v) is 13.6. The average Bonchev–Trinajstić information content (AvgIpc) is 3.12. The highest BCUT2D eigenvalue weighted by Crippen LogP contribution is 2.68. The maximum absolute atomic E-state index is 10.8. The van der Waals surface area contributed by atoms with Gasteiger partial charge in [-0.25, -0.2) is 0 Å². The zero-order valence-corrected chi connectivity index (χ0v) is 23.2. The predicted molar refractivity (Wildman–Crippen MR) is 140 cm³/mol. The largest absolute Gasteiger partial charge is 0.390 e. The van der Waals surface area contributed by atoms with Gasteiger partial charge in [0, 0.05) is 6.42 Å². The van der Waals surface area contributed by atoms with Crippen LogP contribution in [-0.4, -0.2) is 17.0 Å².